The first kappa shape index (κ1) is 18.3. The van der Waals surface area contributed by atoms with Crippen LogP contribution in [0.15, 0.2) is 57.9 Å². The summed E-state index contributed by atoms with van der Waals surface area (Å²) in [5.41, 5.74) is 4.66. The highest BCUT2D eigenvalue weighted by Gasteiger charge is 2.28. The van der Waals surface area contributed by atoms with Gasteiger partial charge in [-0.1, -0.05) is 6.07 Å². The predicted octanol–water partition coefficient (Wildman–Crippen LogP) is 3.76. The molecule has 1 atom stereocenters. The van der Waals surface area contributed by atoms with Gasteiger partial charge < -0.3 is 14.2 Å². The highest BCUT2D eigenvalue weighted by Crippen LogP contribution is 2.23. The molecule has 1 fully saturated rings. The zero-order chi connectivity index (χ0) is 19.8. The summed E-state index contributed by atoms with van der Waals surface area (Å²) in [6, 6.07) is 13.0. The second-order valence-electron chi connectivity index (χ2n) is 7.56. The van der Waals surface area contributed by atoms with Crippen LogP contribution in [0.5, 0.6) is 0 Å². The van der Waals surface area contributed by atoms with Gasteiger partial charge >= 0.3 is 0 Å². The molecule has 0 aliphatic carbocycles. The molecule has 144 valence electrons. The Morgan fingerprint density at radius 2 is 1.86 bits per heavy atom. The third-order valence-corrected chi connectivity index (χ3v) is 5.65. The van der Waals surface area contributed by atoms with Gasteiger partial charge in [-0.15, -0.1) is 0 Å². The Balaban J connectivity index is 1.53. The van der Waals surface area contributed by atoms with Crippen molar-refractivity contribution in [3.63, 3.8) is 0 Å². The number of nitrogens with zero attached hydrogens (tertiary/aromatic N) is 2. The van der Waals surface area contributed by atoms with Crippen molar-refractivity contribution < 1.29 is 9.21 Å². The van der Waals surface area contributed by atoms with Crippen molar-refractivity contribution in [1.82, 2.24) is 4.90 Å². The van der Waals surface area contributed by atoms with Crippen LogP contribution in [0.2, 0.25) is 0 Å². The first-order valence-corrected chi connectivity index (χ1v) is 9.59. The van der Waals surface area contributed by atoms with Crippen LogP contribution in [-0.4, -0.2) is 36.5 Å². The molecule has 0 spiro atoms. The highest BCUT2D eigenvalue weighted by molar-refractivity contribution is 5.97. The molecule has 0 radical (unpaired) electrons. The van der Waals surface area contributed by atoms with Crippen molar-refractivity contribution in [3.05, 3.63) is 75.6 Å². The van der Waals surface area contributed by atoms with Gasteiger partial charge in [0.25, 0.3) is 5.91 Å². The lowest BCUT2D eigenvalue weighted by Gasteiger charge is -2.41. The van der Waals surface area contributed by atoms with Gasteiger partial charge in [0.05, 0.1) is 11.6 Å². The third-order valence-electron chi connectivity index (χ3n) is 5.65. The number of aryl methyl sites for hydroxylation is 2. The summed E-state index contributed by atoms with van der Waals surface area (Å²) in [7, 11) is 0. The molecule has 1 aliphatic heterocycles. The van der Waals surface area contributed by atoms with Gasteiger partial charge in [-0.3, -0.25) is 9.59 Å². The molecule has 1 aliphatic rings. The van der Waals surface area contributed by atoms with Crippen LogP contribution in [-0.2, 0) is 0 Å². The van der Waals surface area contributed by atoms with E-state index in [0.717, 1.165) is 13.1 Å². The van der Waals surface area contributed by atoms with E-state index in [2.05, 4.69) is 43.9 Å². The van der Waals surface area contributed by atoms with Crippen molar-refractivity contribution >= 4 is 22.6 Å². The molecule has 0 N–H and O–H groups in total. The number of piperazine rings is 1. The maximum absolute atomic E-state index is 13.1. The van der Waals surface area contributed by atoms with Gasteiger partial charge in [-0.2, -0.15) is 0 Å². The molecule has 3 aromatic rings. The Kier molecular flexibility index (Phi) is 4.67. The van der Waals surface area contributed by atoms with E-state index in [0.29, 0.717) is 23.1 Å². The summed E-state index contributed by atoms with van der Waals surface area (Å²) < 4.78 is 5.41. The molecule has 1 saturated heterocycles. The Hall–Kier alpha value is -3.08. The summed E-state index contributed by atoms with van der Waals surface area (Å²) >= 11 is 0. The fraction of sp³-hybridized carbons (Fsp3) is 0.304. The summed E-state index contributed by atoms with van der Waals surface area (Å²) in [6.07, 6.45) is 1.36. The van der Waals surface area contributed by atoms with Crippen LogP contribution in [0, 0.1) is 13.8 Å². The molecule has 2 aromatic carbocycles. The van der Waals surface area contributed by atoms with E-state index in [1.165, 1.54) is 29.1 Å². The summed E-state index contributed by atoms with van der Waals surface area (Å²) in [6.45, 7) is 8.55. The number of fused-ring (bicyclic) bond motifs is 1. The number of carbonyl (C=O) groups is 1. The molecule has 28 heavy (non-hydrogen) atoms. The number of hydrogen-bond acceptors (Lipinski definition) is 4. The zero-order valence-electron chi connectivity index (χ0n) is 16.4. The van der Waals surface area contributed by atoms with Gasteiger partial charge in [-0.25, -0.2) is 0 Å². The normalized spacial score (nSPS) is 17.2. The molecule has 5 heteroatoms. The lowest BCUT2D eigenvalue weighted by atomic mass is 10.1. The quantitative estimate of drug-likeness (QED) is 0.683. The van der Waals surface area contributed by atoms with Gasteiger partial charge in [0, 0.05) is 43.0 Å². The largest absolute Gasteiger partial charge is 0.464 e. The molecular formula is C23H24N2O3. The van der Waals surface area contributed by atoms with Gasteiger partial charge in [0.2, 0.25) is 0 Å². The van der Waals surface area contributed by atoms with Crippen molar-refractivity contribution in [2.45, 2.75) is 26.8 Å². The van der Waals surface area contributed by atoms with E-state index < -0.39 is 0 Å². The molecule has 1 aromatic heterocycles. The molecular weight excluding hydrogens is 352 g/mol. The fourth-order valence-corrected chi connectivity index (χ4v) is 3.80. The van der Waals surface area contributed by atoms with Crippen LogP contribution in [0.4, 0.5) is 5.69 Å². The second kappa shape index (κ2) is 7.15. The lowest BCUT2D eigenvalue weighted by molar-refractivity contribution is 0.0674. The van der Waals surface area contributed by atoms with E-state index in [1.54, 1.807) is 18.2 Å². The monoisotopic (exact) mass is 376 g/mol. The number of amides is 1. The fourth-order valence-electron chi connectivity index (χ4n) is 3.80. The molecule has 4 rings (SSSR count). The predicted molar refractivity (Wildman–Crippen MR) is 111 cm³/mol. The molecule has 0 saturated carbocycles. The maximum atomic E-state index is 13.1. The van der Waals surface area contributed by atoms with Gasteiger partial charge in [0.1, 0.15) is 5.58 Å². The summed E-state index contributed by atoms with van der Waals surface area (Å²) in [5.74, 6) is -0.0272. The van der Waals surface area contributed by atoms with Crippen LogP contribution in [0.1, 0.15) is 28.4 Å². The Morgan fingerprint density at radius 3 is 2.61 bits per heavy atom. The Labute approximate surface area is 164 Å². The topological polar surface area (TPSA) is 53.8 Å². The lowest BCUT2D eigenvalue weighted by Crippen LogP contribution is -2.54. The molecule has 0 bridgehead atoms. The van der Waals surface area contributed by atoms with Crippen LogP contribution in [0.3, 0.4) is 0 Å². The second-order valence-corrected chi connectivity index (χ2v) is 7.56. The zero-order valence-corrected chi connectivity index (χ0v) is 16.4. The van der Waals surface area contributed by atoms with Crippen molar-refractivity contribution in [3.8, 4) is 0 Å². The SMILES string of the molecule is Cc1ccc(N2CCN(C(=O)c3ccc4c(=O)ccoc4c3)C(C)C2)cc1C. The number of carbonyl (C=O) groups excluding carboxylic acids is 1. The molecule has 1 unspecified atom stereocenters. The van der Waals surface area contributed by atoms with Gasteiger partial charge in [0.15, 0.2) is 5.43 Å². The number of anilines is 1. The van der Waals surface area contributed by atoms with Crippen LogP contribution < -0.4 is 10.3 Å². The minimum Gasteiger partial charge on any atom is -0.464 e. The van der Waals surface area contributed by atoms with E-state index >= 15 is 0 Å². The minimum absolute atomic E-state index is 0.0272. The molecule has 5 nitrogen and oxygen atoms in total. The summed E-state index contributed by atoms with van der Waals surface area (Å²) in [4.78, 5) is 29.2. The molecule has 1 amide bonds. The smallest absolute Gasteiger partial charge is 0.254 e. The first-order valence-electron chi connectivity index (χ1n) is 9.59. The summed E-state index contributed by atoms with van der Waals surface area (Å²) in [5, 5.41) is 0.492. The standard InChI is InChI=1S/C23H24N2O3/c1-15-4-6-19(12-16(15)2)24-9-10-25(17(3)14-24)23(27)18-5-7-20-21(26)8-11-28-22(20)13-18/h4-8,11-13,17H,9-10,14H2,1-3H3. The van der Waals surface area contributed by atoms with E-state index in [-0.39, 0.29) is 17.4 Å². The number of hydrogen-bond donors (Lipinski definition) is 0. The van der Waals surface area contributed by atoms with Crippen molar-refractivity contribution in [1.29, 1.82) is 0 Å². The van der Waals surface area contributed by atoms with Gasteiger partial charge in [-0.05, 0) is 62.2 Å². The van der Waals surface area contributed by atoms with Crippen molar-refractivity contribution in [2.75, 3.05) is 24.5 Å². The maximum Gasteiger partial charge on any atom is 0.254 e. The molecule has 2 heterocycles. The van der Waals surface area contributed by atoms with E-state index in [1.807, 2.05) is 4.90 Å². The average molecular weight is 376 g/mol. The Bertz CT molecular complexity index is 1100. The highest BCUT2D eigenvalue weighted by atomic mass is 16.3. The Morgan fingerprint density at radius 1 is 1.04 bits per heavy atom. The average Bonchev–Trinajstić information content (AvgIpc) is 2.69. The minimum atomic E-state index is -0.101. The van der Waals surface area contributed by atoms with E-state index in [9.17, 15) is 9.59 Å². The van der Waals surface area contributed by atoms with Crippen LogP contribution in [0.25, 0.3) is 11.0 Å². The van der Waals surface area contributed by atoms with Crippen molar-refractivity contribution in [2.24, 2.45) is 0 Å². The first-order chi connectivity index (χ1) is 13.4. The number of rotatable bonds is 2. The van der Waals surface area contributed by atoms with Crippen LogP contribution >= 0.6 is 0 Å². The van der Waals surface area contributed by atoms with E-state index in [4.69, 9.17) is 4.42 Å². The third kappa shape index (κ3) is 3.28. The number of benzene rings is 2.